The van der Waals surface area contributed by atoms with Gasteiger partial charge < -0.3 is 19.7 Å². The molecule has 0 heterocycles. The molecule has 0 aliphatic rings. The molecular formula is C19H22N2O4. The number of carbonyl (C=O) groups is 2. The number of benzene rings is 2. The maximum atomic E-state index is 12.3. The lowest BCUT2D eigenvalue weighted by Crippen LogP contribution is -2.27. The molecule has 2 aromatic rings. The van der Waals surface area contributed by atoms with Gasteiger partial charge in [0.25, 0.3) is 0 Å². The lowest BCUT2D eigenvalue weighted by Gasteiger charge is -2.18. The van der Waals surface area contributed by atoms with Crippen molar-refractivity contribution in [3.63, 3.8) is 0 Å². The van der Waals surface area contributed by atoms with Crippen LogP contribution in [0.2, 0.25) is 0 Å². The third kappa shape index (κ3) is 5.53. The minimum Gasteiger partial charge on any atom is -0.497 e. The van der Waals surface area contributed by atoms with E-state index < -0.39 is 0 Å². The molecule has 0 aromatic heterocycles. The summed E-state index contributed by atoms with van der Waals surface area (Å²) in [4.78, 5) is 24.8. The Morgan fingerprint density at radius 1 is 1.00 bits per heavy atom. The standard InChI is InChI=1S/C19H22N2O4/c1-14(22)20-15-4-6-16(7-5-15)21(2)19(23)12-13-25-18-10-8-17(24-3)9-11-18/h4-11H,12-13H2,1-3H3,(H,20,22). The summed E-state index contributed by atoms with van der Waals surface area (Å²) in [7, 11) is 3.32. The van der Waals surface area contributed by atoms with Crippen LogP contribution in [0.5, 0.6) is 11.5 Å². The second-order valence-corrected chi connectivity index (χ2v) is 5.45. The molecule has 0 spiro atoms. The van der Waals surface area contributed by atoms with Crippen molar-refractivity contribution in [2.45, 2.75) is 13.3 Å². The van der Waals surface area contributed by atoms with Crippen LogP contribution in [0.15, 0.2) is 48.5 Å². The Hall–Kier alpha value is -3.02. The summed E-state index contributed by atoms with van der Waals surface area (Å²) in [6.07, 6.45) is 0.260. The summed E-state index contributed by atoms with van der Waals surface area (Å²) in [5.74, 6) is 1.26. The molecule has 2 amide bonds. The number of amides is 2. The molecule has 0 aliphatic carbocycles. The Bertz CT molecular complexity index is 711. The van der Waals surface area contributed by atoms with E-state index in [4.69, 9.17) is 9.47 Å². The summed E-state index contributed by atoms with van der Waals surface area (Å²) in [5.41, 5.74) is 1.45. The fraction of sp³-hybridized carbons (Fsp3) is 0.263. The average molecular weight is 342 g/mol. The van der Waals surface area contributed by atoms with Crippen molar-refractivity contribution in [2.75, 3.05) is 31.0 Å². The zero-order chi connectivity index (χ0) is 18.2. The Balaban J connectivity index is 1.83. The molecule has 1 N–H and O–H groups in total. The highest BCUT2D eigenvalue weighted by atomic mass is 16.5. The predicted octanol–water partition coefficient (Wildman–Crippen LogP) is 3.09. The summed E-state index contributed by atoms with van der Waals surface area (Å²) in [5, 5.41) is 2.69. The van der Waals surface area contributed by atoms with Gasteiger partial charge in [0.15, 0.2) is 0 Å². The molecule has 2 rings (SSSR count). The lowest BCUT2D eigenvalue weighted by molar-refractivity contribution is -0.118. The maximum absolute atomic E-state index is 12.3. The summed E-state index contributed by atoms with van der Waals surface area (Å²) >= 11 is 0. The van der Waals surface area contributed by atoms with Crippen LogP contribution >= 0.6 is 0 Å². The molecule has 0 bridgehead atoms. The van der Waals surface area contributed by atoms with E-state index in [1.54, 1.807) is 67.6 Å². The molecule has 25 heavy (non-hydrogen) atoms. The Morgan fingerprint density at radius 3 is 2.16 bits per heavy atom. The predicted molar refractivity (Wildman–Crippen MR) is 97.3 cm³/mol. The van der Waals surface area contributed by atoms with Gasteiger partial charge >= 0.3 is 0 Å². The fourth-order valence-corrected chi connectivity index (χ4v) is 2.21. The van der Waals surface area contributed by atoms with E-state index >= 15 is 0 Å². The molecule has 0 radical (unpaired) electrons. The molecule has 6 nitrogen and oxygen atoms in total. The first-order valence-corrected chi connectivity index (χ1v) is 7.90. The van der Waals surface area contributed by atoms with Gasteiger partial charge in [0.1, 0.15) is 11.5 Å². The van der Waals surface area contributed by atoms with Crippen LogP contribution in [0, 0.1) is 0 Å². The summed E-state index contributed by atoms with van der Waals surface area (Å²) in [6.45, 7) is 1.74. The number of nitrogens with one attached hydrogen (secondary N) is 1. The van der Waals surface area contributed by atoms with E-state index in [1.165, 1.54) is 6.92 Å². The minimum atomic E-state index is -0.132. The highest BCUT2D eigenvalue weighted by Crippen LogP contribution is 2.19. The highest BCUT2D eigenvalue weighted by molar-refractivity contribution is 5.93. The third-order valence-corrected chi connectivity index (χ3v) is 3.59. The van der Waals surface area contributed by atoms with Gasteiger partial charge in [-0.3, -0.25) is 9.59 Å². The van der Waals surface area contributed by atoms with Gasteiger partial charge in [-0.2, -0.15) is 0 Å². The Kier molecular flexibility index (Phi) is 6.39. The van der Waals surface area contributed by atoms with E-state index in [2.05, 4.69) is 5.32 Å². The number of ether oxygens (including phenoxy) is 2. The van der Waals surface area contributed by atoms with Crippen molar-refractivity contribution in [3.05, 3.63) is 48.5 Å². The lowest BCUT2D eigenvalue weighted by atomic mass is 10.2. The van der Waals surface area contributed by atoms with Crippen molar-refractivity contribution < 1.29 is 19.1 Å². The van der Waals surface area contributed by atoms with Gasteiger partial charge in [-0.1, -0.05) is 0 Å². The smallest absolute Gasteiger partial charge is 0.230 e. The molecule has 6 heteroatoms. The zero-order valence-corrected chi connectivity index (χ0v) is 14.6. The normalized spacial score (nSPS) is 10.0. The molecule has 0 atom stereocenters. The van der Waals surface area contributed by atoms with Crippen molar-refractivity contribution >= 4 is 23.2 Å². The Labute approximate surface area is 147 Å². The molecule has 2 aromatic carbocycles. The van der Waals surface area contributed by atoms with Gasteiger partial charge in [-0.15, -0.1) is 0 Å². The number of hydrogen-bond donors (Lipinski definition) is 1. The highest BCUT2D eigenvalue weighted by Gasteiger charge is 2.11. The van der Waals surface area contributed by atoms with E-state index in [1.807, 2.05) is 0 Å². The molecule has 132 valence electrons. The van der Waals surface area contributed by atoms with Gasteiger partial charge in [0.05, 0.1) is 20.1 Å². The van der Waals surface area contributed by atoms with Crippen molar-refractivity contribution in [3.8, 4) is 11.5 Å². The number of nitrogens with zero attached hydrogens (tertiary/aromatic N) is 1. The number of carbonyl (C=O) groups excluding carboxylic acids is 2. The van der Waals surface area contributed by atoms with Crippen LogP contribution in [0.4, 0.5) is 11.4 Å². The maximum Gasteiger partial charge on any atom is 0.230 e. The van der Waals surface area contributed by atoms with Gasteiger partial charge in [0.2, 0.25) is 11.8 Å². The first-order valence-electron chi connectivity index (χ1n) is 7.90. The monoisotopic (exact) mass is 342 g/mol. The van der Waals surface area contributed by atoms with Crippen molar-refractivity contribution in [2.24, 2.45) is 0 Å². The van der Waals surface area contributed by atoms with Crippen molar-refractivity contribution in [1.82, 2.24) is 0 Å². The first kappa shape index (κ1) is 18.3. The van der Waals surface area contributed by atoms with Gasteiger partial charge in [0, 0.05) is 25.3 Å². The molecule has 0 aliphatic heterocycles. The number of anilines is 2. The molecule has 0 saturated carbocycles. The van der Waals surface area contributed by atoms with E-state index in [-0.39, 0.29) is 18.2 Å². The second-order valence-electron chi connectivity index (χ2n) is 5.45. The van der Waals surface area contributed by atoms with Crippen LogP contribution < -0.4 is 19.7 Å². The zero-order valence-electron chi connectivity index (χ0n) is 14.6. The Morgan fingerprint density at radius 2 is 1.60 bits per heavy atom. The SMILES string of the molecule is COc1ccc(OCCC(=O)N(C)c2ccc(NC(C)=O)cc2)cc1. The summed E-state index contributed by atoms with van der Waals surface area (Å²) in [6, 6.07) is 14.3. The van der Waals surface area contributed by atoms with Gasteiger partial charge in [-0.25, -0.2) is 0 Å². The largest absolute Gasteiger partial charge is 0.497 e. The topological polar surface area (TPSA) is 67.9 Å². The van der Waals surface area contributed by atoms with Crippen molar-refractivity contribution in [1.29, 1.82) is 0 Å². The van der Waals surface area contributed by atoms with Crippen LogP contribution in [-0.4, -0.2) is 32.6 Å². The average Bonchev–Trinajstić information content (AvgIpc) is 2.61. The van der Waals surface area contributed by atoms with Crippen LogP contribution in [0.3, 0.4) is 0 Å². The quantitative estimate of drug-likeness (QED) is 0.840. The van der Waals surface area contributed by atoms with Gasteiger partial charge in [-0.05, 0) is 48.5 Å². The molecule has 0 unspecified atom stereocenters. The first-order chi connectivity index (χ1) is 12.0. The number of hydrogen-bond acceptors (Lipinski definition) is 4. The van der Waals surface area contributed by atoms with Crippen LogP contribution in [-0.2, 0) is 9.59 Å². The fourth-order valence-electron chi connectivity index (χ4n) is 2.21. The summed E-state index contributed by atoms with van der Waals surface area (Å²) < 4.78 is 10.7. The minimum absolute atomic E-state index is 0.0548. The number of rotatable bonds is 7. The van der Waals surface area contributed by atoms with Crippen LogP contribution in [0.25, 0.3) is 0 Å². The van der Waals surface area contributed by atoms with Crippen LogP contribution in [0.1, 0.15) is 13.3 Å². The van der Waals surface area contributed by atoms with E-state index in [0.29, 0.717) is 18.0 Å². The molecule has 0 saturated heterocycles. The third-order valence-electron chi connectivity index (χ3n) is 3.59. The second kappa shape index (κ2) is 8.73. The van der Waals surface area contributed by atoms with E-state index in [0.717, 1.165) is 11.4 Å². The number of methoxy groups -OCH3 is 1. The van der Waals surface area contributed by atoms with E-state index in [9.17, 15) is 9.59 Å². The molecular weight excluding hydrogens is 320 g/mol. The molecule has 0 fully saturated rings.